The van der Waals surface area contributed by atoms with Gasteiger partial charge in [-0.25, -0.2) is 0 Å². The van der Waals surface area contributed by atoms with Gasteiger partial charge in [0.15, 0.2) is 0 Å². The maximum atomic E-state index is 11.7. The molecule has 5 atom stereocenters. The monoisotopic (exact) mass is 266 g/mol. The van der Waals surface area contributed by atoms with E-state index in [1.54, 1.807) is 6.92 Å². The maximum absolute atomic E-state index is 11.7. The number of rotatable bonds is 0. The smallest absolute Gasteiger partial charge is 0.309 e. The third-order valence-corrected chi connectivity index (χ3v) is 4.36. The molecule has 1 saturated heterocycles. The van der Waals surface area contributed by atoms with E-state index in [1.807, 2.05) is 13.0 Å². The topological polar surface area (TPSA) is 66.8 Å². The van der Waals surface area contributed by atoms with E-state index in [9.17, 15) is 15.0 Å². The van der Waals surface area contributed by atoms with Crippen LogP contribution in [0.1, 0.15) is 33.1 Å². The van der Waals surface area contributed by atoms with E-state index in [0.717, 1.165) is 17.6 Å². The summed E-state index contributed by atoms with van der Waals surface area (Å²) in [5.74, 6) is -0.230. The number of esters is 1. The molecule has 1 fully saturated rings. The number of carbonyl (C=O) groups is 1. The van der Waals surface area contributed by atoms with Gasteiger partial charge in [0.2, 0.25) is 0 Å². The van der Waals surface area contributed by atoms with Crippen molar-refractivity contribution in [2.75, 3.05) is 0 Å². The quantitative estimate of drug-likeness (QED) is 0.516. The number of carbonyl (C=O) groups excluding carboxylic acids is 1. The number of aliphatic hydroxyl groups is 2. The lowest BCUT2D eigenvalue weighted by Crippen LogP contribution is -2.26. The summed E-state index contributed by atoms with van der Waals surface area (Å²) >= 11 is 0. The van der Waals surface area contributed by atoms with Crippen LogP contribution >= 0.6 is 0 Å². The molecule has 2 N–H and O–H groups in total. The Morgan fingerprint density at radius 1 is 1.37 bits per heavy atom. The molecule has 0 bridgehead atoms. The van der Waals surface area contributed by atoms with E-state index in [2.05, 4.69) is 6.58 Å². The summed E-state index contributed by atoms with van der Waals surface area (Å²) in [6.45, 7) is 7.55. The van der Waals surface area contributed by atoms with Crippen LogP contribution in [0.5, 0.6) is 0 Å². The fourth-order valence-electron chi connectivity index (χ4n) is 2.81. The third kappa shape index (κ3) is 2.90. The first-order valence-corrected chi connectivity index (χ1v) is 6.82. The molecule has 0 radical (unpaired) electrons. The molecule has 106 valence electrons. The molecule has 1 aliphatic heterocycles. The Hall–Kier alpha value is -1.13. The second-order valence-electron chi connectivity index (χ2n) is 5.73. The van der Waals surface area contributed by atoms with Gasteiger partial charge in [-0.05, 0) is 37.0 Å². The first-order chi connectivity index (χ1) is 8.90. The average Bonchev–Trinajstić information content (AvgIpc) is 2.61. The molecule has 1 heterocycles. The van der Waals surface area contributed by atoms with Gasteiger partial charge in [0.05, 0.1) is 18.1 Å². The van der Waals surface area contributed by atoms with Crippen molar-refractivity contribution in [3.63, 3.8) is 0 Å². The largest absolute Gasteiger partial charge is 0.458 e. The van der Waals surface area contributed by atoms with Gasteiger partial charge in [-0.2, -0.15) is 0 Å². The molecule has 2 rings (SSSR count). The van der Waals surface area contributed by atoms with Crippen molar-refractivity contribution in [1.82, 2.24) is 0 Å². The zero-order valence-electron chi connectivity index (χ0n) is 11.5. The van der Waals surface area contributed by atoms with Crippen LogP contribution in [0.4, 0.5) is 0 Å². The molecule has 0 spiro atoms. The van der Waals surface area contributed by atoms with Crippen molar-refractivity contribution in [2.45, 2.75) is 51.4 Å². The Labute approximate surface area is 113 Å². The predicted molar refractivity (Wildman–Crippen MR) is 71.3 cm³/mol. The summed E-state index contributed by atoms with van der Waals surface area (Å²) < 4.78 is 5.37. The van der Waals surface area contributed by atoms with Gasteiger partial charge in [-0.1, -0.05) is 13.5 Å². The van der Waals surface area contributed by atoms with E-state index in [0.29, 0.717) is 6.42 Å². The molecule has 4 nitrogen and oxygen atoms in total. The fourth-order valence-corrected chi connectivity index (χ4v) is 2.81. The van der Waals surface area contributed by atoms with Gasteiger partial charge < -0.3 is 14.9 Å². The molecule has 0 aromatic carbocycles. The minimum Gasteiger partial charge on any atom is -0.458 e. The summed E-state index contributed by atoms with van der Waals surface area (Å²) in [6.07, 6.45) is 1.83. The highest BCUT2D eigenvalue weighted by atomic mass is 16.6. The van der Waals surface area contributed by atoms with Crippen LogP contribution in [0.15, 0.2) is 23.8 Å². The lowest BCUT2D eigenvalue weighted by Gasteiger charge is -2.24. The van der Waals surface area contributed by atoms with E-state index in [4.69, 9.17) is 4.74 Å². The summed E-state index contributed by atoms with van der Waals surface area (Å²) in [6, 6.07) is 0. The van der Waals surface area contributed by atoms with Gasteiger partial charge in [-0.3, -0.25) is 4.79 Å². The van der Waals surface area contributed by atoms with Gasteiger partial charge >= 0.3 is 5.97 Å². The highest BCUT2D eigenvalue weighted by molar-refractivity contribution is 5.75. The number of aliphatic hydroxyl groups excluding tert-OH is 2. The molecule has 2 aliphatic rings. The molecule has 0 amide bonds. The number of hydrogen-bond acceptors (Lipinski definition) is 4. The van der Waals surface area contributed by atoms with Crippen LogP contribution in [0.25, 0.3) is 0 Å². The first kappa shape index (κ1) is 14.3. The standard InChI is InChI=1S/C15H22O4/c1-8-4-5-11-10(3)15(18)19-14(11)6-9(2)13(17)7-12(8)16/h6,10-14,16-17H,1,4-5,7H2,2-3H3/b9-6-/t10-,11-,12-,13-,14+/m0/s1. The molecule has 1 aliphatic carbocycles. The summed E-state index contributed by atoms with van der Waals surface area (Å²) in [5, 5.41) is 20.0. The van der Waals surface area contributed by atoms with Crippen LogP contribution in [-0.2, 0) is 9.53 Å². The molecule has 19 heavy (non-hydrogen) atoms. The highest BCUT2D eigenvalue weighted by Gasteiger charge is 2.41. The summed E-state index contributed by atoms with van der Waals surface area (Å²) in [5.41, 5.74) is 1.46. The number of hydrogen-bond donors (Lipinski definition) is 2. The van der Waals surface area contributed by atoms with Crippen molar-refractivity contribution in [3.05, 3.63) is 23.8 Å². The lowest BCUT2D eigenvalue weighted by atomic mass is 9.83. The summed E-state index contributed by atoms with van der Waals surface area (Å²) in [7, 11) is 0. The third-order valence-electron chi connectivity index (χ3n) is 4.36. The minimum atomic E-state index is -0.722. The van der Waals surface area contributed by atoms with Crippen LogP contribution in [-0.4, -0.2) is 34.5 Å². The molecule has 4 heteroatoms. The molecular weight excluding hydrogens is 244 g/mol. The normalized spacial score (nSPS) is 43.2. The molecule has 0 unspecified atom stereocenters. The SMILES string of the molecule is C=C1CC[C@H]2[C@H](C)C(=O)O[C@@H]2/C=C(/C)[C@@H](O)C[C@@H]1O. The van der Waals surface area contributed by atoms with E-state index in [1.165, 1.54) is 0 Å². The molecular formula is C15H22O4. The number of fused-ring (bicyclic) bond motifs is 1. The van der Waals surface area contributed by atoms with Crippen molar-refractivity contribution < 1.29 is 19.7 Å². The summed E-state index contributed by atoms with van der Waals surface area (Å²) in [4.78, 5) is 11.7. The van der Waals surface area contributed by atoms with Crippen molar-refractivity contribution >= 4 is 5.97 Å². The highest BCUT2D eigenvalue weighted by Crippen LogP contribution is 2.35. The first-order valence-electron chi connectivity index (χ1n) is 6.82. The van der Waals surface area contributed by atoms with Crippen molar-refractivity contribution in [2.24, 2.45) is 11.8 Å². The van der Waals surface area contributed by atoms with E-state index >= 15 is 0 Å². The maximum Gasteiger partial charge on any atom is 0.309 e. The fraction of sp³-hybridized carbons (Fsp3) is 0.667. The van der Waals surface area contributed by atoms with Crippen molar-refractivity contribution in [1.29, 1.82) is 0 Å². The Kier molecular flexibility index (Phi) is 4.11. The average molecular weight is 266 g/mol. The Balaban J connectivity index is 2.27. The number of ether oxygens (including phenoxy) is 1. The van der Waals surface area contributed by atoms with Crippen LogP contribution in [0.3, 0.4) is 0 Å². The molecule has 0 aromatic heterocycles. The van der Waals surface area contributed by atoms with Gasteiger partial charge in [-0.15, -0.1) is 0 Å². The van der Waals surface area contributed by atoms with Gasteiger partial charge in [0, 0.05) is 12.3 Å². The zero-order valence-corrected chi connectivity index (χ0v) is 11.5. The predicted octanol–water partition coefficient (Wildman–Crippen LogP) is 1.57. The lowest BCUT2D eigenvalue weighted by molar-refractivity contribution is -0.142. The Bertz CT molecular complexity index is 412. The minimum absolute atomic E-state index is 0.0942. The molecule has 0 aromatic rings. The zero-order chi connectivity index (χ0) is 14.2. The Morgan fingerprint density at radius 2 is 2.05 bits per heavy atom. The Morgan fingerprint density at radius 3 is 2.74 bits per heavy atom. The van der Waals surface area contributed by atoms with E-state index < -0.39 is 12.2 Å². The van der Waals surface area contributed by atoms with Crippen LogP contribution in [0, 0.1) is 11.8 Å². The van der Waals surface area contributed by atoms with Crippen LogP contribution in [0.2, 0.25) is 0 Å². The van der Waals surface area contributed by atoms with Crippen molar-refractivity contribution in [3.8, 4) is 0 Å². The van der Waals surface area contributed by atoms with Crippen LogP contribution < -0.4 is 0 Å². The van der Waals surface area contributed by atoms with Gasteiger partial charge in [0.1, 0.15) is 6.10 Å². The second kappa shape index (κ2) is 5.47. The van der Waals surface area contributed by atoms with E-state index in [-0.39, 0.29) is 30.3 Å². The molecule has 0 saturated carbocycles. The second-order valence-corrected chi connectivity index (χ2v) is 5.73. The van der Waals surface area contributed by atoms with Gasteiger partial charge in [0.25, 0.3) is 0 Å².